The molecular weight excluding hydrogens is 606 g/mol. The van der Waals surface area contributed by atoms with Gasteiger partial charge in [-0.3, -0.25) is 13.9 Å². The van der Waals surface area contributed by atoms with Gasteiger partial charge < -0.3 is 39.1 Å². The number of ether oxygens (including phenoxy) is 6. The van der Waals surface area contributed by atoms with Crippen LogP contribution in [0.1, 0.15) is 0 Å². The Morgan fingerprint density at radius 2 is 1.33 bits per heavy atom. The van der Waals surface area contributed by atoms with Crippen molar-refractivity contribution in [3.05, 3.63) is 84.9 Å². The van der Waals surface area contributed by atoms with Gasteiger partial charge in [0.15, 0.2) is 29.6 Å². The molecule has 2 aliphatic rings. The van der Waals surface area contributed by atoms with Crippen molar-refractivity contribution in [1.29, 1.82) is 0 Å². The van der Waals surface area contributed by atoms with E-state index in [-0.39, 0.29) is 42.3 Å². The molecule has 0 atom stereocenters. The number of nitrogens with one attached hydrogen (secondary N) is 2. The van der Waals surface area contributed by atoms with Crippen LogP contribution in [0, 0.1) is 0 Å². The highest BCUT2D eigenvalue weighted by Crippen LogP contribution is 2.36. The van der Waals surface area contributed by atoms with Crippen molar-refractivity contribution >= 4 is 38.9 Å². The van der Waals surface area contributed by atoms with E-state index in [0.29, 0.717) is 34.4 Å². The lowest BCUT2D eigenvalue weighted by Gasteiger charge is -2.25. The van der Waals surface area contributed by atoms with Crippen LogP contribution < -0.4 is 43.4 Å². The molecule has 0 fully saturated rings. The molecule has 0 bridgehead atoms. The number of hydrogen-bond donors (Lipinski definition) is 2. The second-order valence-electron chi connectivity index (χ2n) is 9.68. The molecule has 0 spiro atoms. The number of methoxy groups -OCH3 is 1. The third-order valence-corrected chi connectivity index (χ3v) is 8.51. The second-order valence-corrected chi connectivity index (χ2v) is 11.5. The monoisotopic (exact) mass is 633 g/mol. The van der Waals surface area contributed by atoms with Gasteiger partial charge in [0.1, 0.15) is 18.0 Å². The number of para-hydroxylation sites is 2. The first-order valence-corrected chi connectivity index (χ1v) is 15.0. The Labute approximate surface area is 258 Å². The van der Waals surface area contributed by atoms with E-state index in [1.807, 2.05) is 0 Å². The molecule has 0 radical (unpaired) electrons. The van der Waals surface area contributed by atoms with Gasteiger partial charge in [-0.2, -0.15) is 0 Å². The number of carbonyl (C=O) groups is 2. The fourth-order valence-corrected chi connectivity index (χ4v) is 6.03. The van der Waals surface area contributed by atoms with Crippen LogP contribution in [0.5, 0.6) is 34.5 Å². The summed E-state index contributed by atoms with van der Waals surface area (Å²) in [6.45, 7) is -0.694. The number of hydrogen-bond acceptors (Lipinski definition) is 10. The van der Waals surface area contributed by atoms with Gasteiger partial charge in [-0.15, -0.1) is 0 Å². The van der Waals surface area contributed by atoms with Crippen molar-refractivity contribution in [1.82, 2.24) is 0 Å². The molecule has 4 aromatic carbocycles. The number of sulfonamides is 1. The highest BCUT2D eigenvalue weighted by Gasteiger charge is 2.30. The van der Waals surface area contributed by atoms with E-state index in [2.05, 4.69) is 10.6 Å². The topological polar surface area (TPSA) is 151 Å². The van der Waals surface area contributed by atoms with E-state index < -0.39 is 28.4 Å². The molecule has 0 saturated heterocycles. The minimum Gasteiger partial charge on any atom is -0.495 e. The van der Waals surface area contributed by atoms with Crippen LogP contribution in [0.25, 0.3) is 0 Å². The molecule has 0 aromatic heterocycles. The van der Waals surface area contributed by atoms with E-state index in [0.717, 1.165) is 4.31 Å². The molecule has 13 nitrogen and oxygen atoms in total. The fourth-order valence-electron chi connectivity index (χ4n) is 4.60. The second kappa shape index (κ2) is 12.5. The van der Waals surface area contributed by atoms with Crippen LogP contribution in [0.3, 0.4) is 0 Å². The summed E-state index contributed by atoms with van der Waals surface area (Å²) < 4.78 is 61.0. The van der Waals surface area contributed by atoms with Crippen molar-refractivity contribution in [3.63, 3.8) is 0 Å². The molecule has 0 aliphatic carbocycles. The van der Waals surface area contributed by atoms with Gasteiger partial charge in [-0.25, -0.2) is 8.42 Å². The quantitative estimate of drug-likeness (QED) is 0.248. The van der Waals surface area contributed by atoms with Crippen molar-refractivity contribution in [3.8, 4) is 34.5 Å². The van der Waals surface area contributed by atoms with Crippen LogP contribution in [0.4, 0.5) is 17.1 Å². The average Bonchev–Trinajstić information content (AvgIpc) is 3.72. The lowest BCUT2D eigenvalue weighted by molar-refractivity contribution is -0.118. The van der Waals surface area contributed by atoms with Gasteiger partial charge in [0.25, 0.3) is 15.9 Å². The maximum atomic E-state index is 13.9. The average molecular weight is 634 g/mol. The van der Waals surface area contributed by atoms with Gasteiger partial charge in [0.2, 0.25) is 19.5 Å². The normalized spacial score (nSPS) is 12.7. The third kappa shape index (κ3) is 6.50. The lowest BCUT2D eigenvalue weighted by atomic mass is 10.2. The summed E-state index contributed by atoms with van der Waals surface area (Å²) in [5, 5.41) is 5.41. The molecular formula is C31H27N3O10S. The molecule has 2 heterocycles. The zero-order valence-electron chi connectivity index (χ0n) is 23.8. The first-order valence-electron chi connectivity index (χ1n) is 13.6. The number of rotatable bonds is 11. The molecule has 2 amide bonds. The van der Waals surface area contributed by atoms with Crippen LogP contribution in [-0.2, 0) is 19.6 Å². The lowest BCUT2D eigenvalue weighted by Crippen LogP contribution is -2.38. The van der Waals surface area contributed by atoms with Gasteiger partial charge in [-0.05, 0) is 60.7 Å². The largest absolute Gasteiger partial charge is 0.495 e. The van der Waals surface area contributed by atoms with E-state index in [1.54, 1.807) is 60.7 Å². The number of nitrogens with zero attached hydrogens (tertiary/aromatic N) is 1. The smallest absolute Gasteiger partial charge is 0.264 e. The summed E-state index contributed by atoms with van der Waals surface area (Å²) in [7, 11) is -2.88. The highest BCUT2D eigenvalue weighted by atomic mass is 32.2. The fraction of sp³-hybridized carbons (Fsp3) is 0.161. The minimum absolute atomic E-state index is 0.0742. The molecule has 2 N–H and O–H groups in total. The zero-order valence-corrected chi connectivity index (χ0v) is 24.7. The van der Waals surface area contributed by atoms with Crippen molar-refractivity contribution in [2.75, 3.05) is 48.8 Å². The minimum atomic E-state index is -4.29. The Morgan fingerprint density at radius 1 is 0.756 bits per heavy atom. The number of anilines is 3. The van der Waals surface area contributed by atoms with Gasteiger partial charge in [0.05, 0.1) is 17.7 Å². The number of amides is 2. The standard InChI is InChI=1S/C31H27N3O10S/c1-39-25-5-3-2-4-24(25)34(16-30(35)32-20-6-12-26-28(14-20)43-18-41-26)45(37,38)23-10-8-22(9-11-23)40-17-31(36)33-21-7-13-27-29(15-21)44-19-42-27/h2-15H,16-19H2,1H3,(H,32,35)(H,33,36). The highest BCUT2D eigenvalue weighted by molar-refractivity contribution is 7.92. The van der Waals surface area contributed by atoms with E-state index in [1.165, 1.54) is 31.4 Å². The van der Waals surface area contributed by atoms with Crippen molar-refractivity contribution in [2.24, 2.45) is 0 Å². The molecule has 4 aromatic rings. The number of benzene rings is 4. The summed E-state index contributed by atoms with van der Waals surface area (Å²) in [5.41, 5.74) is 1.08. The SMILES string of the molecule is COc1ccccc1N(CC(=O)Nc1ccc2c(c1)OCO2)S(=O)(=O)c1ccc(OCC(=O)Nc2ccc3c(c2)OCO3)cc1. The Kier molecular flexibility index (Phi) is 8.20. The molecule has 0 saturated carbocycles. The predicted octanol–water partition coefficient (Wildman–Crippen LogP) is 4.00. The maximum absolute atomic E-state index is 13.9. The molecule has 2 aliphatic heterocycles. The summed E-state index contributed by atoms with van der Waals surface area (Å²) in [6.07, 6.45) is 0. The summed E-state index contributed by atoms with van der Waals surface area (Å²) >= 11 is 0. The van der Waals surface area contributed by atoms with Crippen LogP contribution >= 0.6 is 0 Å². The predicted molar refractivity (Wildman–Crippen MR) is 162 cm³/mol. The van der Waals surface area contributed by atoms with Crippen LogP contribution in [-0.4, -0.2) is 54.1 Å². The molecule has 45 heavy (non-hydrogen) atoms. The summed E-state index contributed by atoms with van der Waals surface area (Å²) in [4.78, 5) is 25.5. The molecule has 0 unspecified atom stereocenters. The first kappa shape index (κ1) is 29.4. The van der Waals surface area contributed by atoms with Gasteiger partial charge in [-0.1, -0.05) is 12.1 Å². The third-order valence-electron chi connectivity index (χ3n) is 6.74. The van der Waals surface area contributed by atoms with Crippen molar-refractivity contribution < 1.29 is 46.4 Å². The zero-order chi connectivity index (χ0) is 31.4. The molecule has 6 rings (SSSR count). The Bertz CT molecular complexity index is 1850. The van der Waals surface area contributed by atoms with Gasteiger partial charge in [0, 0.05) is 23.5 Å². The van der Waals surface area contributed by atoms with E-state index >= 15 is 0 Å². The van der Waals surface area contributed by atoms with Crippen LogP contribution in [0.15, 0.2) is 89.8 Å². The first-order chi connectivity index (χ1) is 21.8. The van der Waals surface area contributed by atoms with E-state index in [9.17, 15) is 18.0 Å². The Morgan fingerprint density at radius 3 is 1.96 bits per heavy atom. The summed E-state index contributed by atoms with van der Waals surface area (Å²) in [5.74, 6) is 1.62. The Hall–Kier alpha value is -5.63. The molecule has 232 valence electrons. The molecule has 14 heteroatoms. The summed E-state index contributed by atoms with van der Waals surface area (Å²) in [6, 6.07) is 21.9. The Balaban J connectivity index is 1.15. The van der Waals surface area contributed by atoms with Gasteiger partial charge >= 0.3 is 0 Å². The number of fused-ring (bicyclic) bond motifs is 2. The van der Waals surface area contributed by atoms with Crippen LogP contribution in [0.2, 0.25) is 0 Å². The van der Waals surface area contributed by atoms with E-state index in [4.69, 9.17) is 28.4 Å². The number of carbonyl (C=O) groups excluding carboxylic acids is 2. The van der Waals surface area contributed by atoms with Crippen molar-refractivity contribution in [2.45, 2.75) is 4.90 Å². The maximum Gasteiger partial charge on any atom is 0.264 e.